The molecule has 228 valence electrons. The minimum absolute atomic E-state index is 0.195. The Balaban J connectivity index is 1.43. The Kier molecular flexibility index (Phi) is 12.1. The highest BCUT2D eigenvalue weighted by Crippen LogP contribution is 2.32. The maximum atomic E-state index is 10.5. The predicted molar refractivity (Wildman–Crippen MR) is 174 cm³/mol. The van der Waals surface area contributed by atoms with Gasteiger partial charge in [0, 0.05) is 0 Å². The Labute approximate surface area is 261 Å². The van der Waals surface area contributed by atoms with Gasteiger partial charge in [0.15, 0.2) is 0 Å². The average Bonchev–Trinajstić information content (AvgIpc) is 3.08. The number of rotatable bonds is 15. The molecule has 1 heterocycles. The Bertz CT molecular complexity index is 1420. The molecule has 0 amide bonds. The van der Waals surface area contributed by atoms with E-state index in [-0.39, 0.29) is 12.7 Å². The third-order valence-electron chi connectivity index (χ3n) is 7.91. The number of ether oxygens (including phenoxy) is 4. The van der Waals surface area contributed by atoms with Crippen molar-refractivity contribution in [2.75, 3.05) is 6.61 Å². The summed E-state index contributed by atoms with van der Waals surface area (Å²) in [4.78, 5) is 0. The van der Waals surface area contributed by atoms with Crippen LogP contribution in [0, 0.1) is 0 Å². The predicted octanol–water partition coefficient (Wildman–Crippen LogP) is 7.23. The first-order valence-corrected chi connectivity index (χ1v) is 15.3. The van der Waals surface area contributed by atoms with Crippen LogP contribution in [0.5, 0.6) is 0 Å². The highest BCUT2D eigenvalue weighted by atomic mass is 16.6. The molecule has 4 aromatic carbocycles. The highest BCUT2D eigenvalue weighted by Gasteiger charge is 2.47. The molecule has 1 aliphatic rings. The summed E-state index contributed by atoms with van der Waals surface area (Å²) in [6.45, 7) is 4.75. The minimum Gasteiger partial charge on any atom is -0.394 e. The van der Waals surface area contributed by atoms with Crippen LogP contribution < -0.4 is 0 Å². The van der Waals surface area contributed by atoms with Crippen molar-refractivity contribution in [3.05, 3.63) is 168 Å². The molecule has 1 aliphatic heterocycles. The standard InChI is InChI=1S/C39H42O5/c1-2-3-7-24-35-37(43-29-34-23-15-14-22-33(34)25-30-16-8-4-9-17-30)39(42-28-32-20-12-6-13-21-32)38(36(26-40)44-35)41-27-31-18-10-5-11-19-31/h2-23,35-40H,1,24-29H2/b7-3+/t35-,36-,37+,38-,39-/m1/s1. The monoisotopic (exact) mass is 590 g/mol. The zero-order valence-electron chi connectivity index (χ0n) is 25.1. The lowest BCUT2D eigenvalue weighted by atomic mass is 9.92. The summed E-state index contributed by atoms with van der Waals surface area (Å²) < 4.78 is 26.5. The van der Waals surface area contributed by atoms with Gasteiger partial charge in [0.2, 0.25) is 0 Å². The Hall–Kier alpha value is -3.84. The molecule has 0 aliphatic carbocycles. The molecule has 1 N–H and O–H groups in total. The van der Waals surface area contributed by atoms with Crippen LogP contribution in [0.25, 0.3) is 0 Å². The molecular weight excluding hydrogens is 548 g/mol. The van der Waals surface area contributed by atoms with Crippen LogP contribution in [0.3, 0.4) is 0 Å². The van der Waals surface area contributed by atoms with Crippen LogP contribution >= 0.6 is 0 Å². The number of hydrogen-bond donors (Lipinski definition) is 1. The van der Waals surface area contributed by atoms with Crippen molar-refractivity contribution < 1.29 is 24.1 Å². The molecule has 5 atom stereocenters. The van der Waals surface area contributed by atoms with E-state index in [1.807, 2.05) is 84.9 Å². The Morgan fingerprint density at radius 3 is 1.68 bits per heavy atom. The molecule has 1 fully saturated rings. The normalized spacial score (nSPS) is 21.8. The second kappa shape index (κ2) is 16.9. The molecule has 0 spiro atoms. The van der Waals surface area contributed by atoms with Gasteiger partial charge in [-0.2, -0.15) is 0 Å². The lowest BCUT2D eigenvalue weighted by Gasteiger charge is -2.46. The number of benzene rings is 4. The summed E-state index contributed by atoms with van der Waals surface area (Å²) in [6.07, 6.45) is 4.63. The smallest absolute Gasteiger partial charge is 0.115 e. The number of allylic oxidation sites excluding steroid dienone is 2. The second-order valence-corrected chi connectivity index (χ2v) is 11.0. The molecule has 0 unspecified atom stereocenters. The lowest BCUT2D eigenvalue weighted by molar-refractivity contribution is -0.269. The summed E-state index contributed by atoms with van der Waals surface area (Å²) in [7, 11) is 0. The quantitative estimate of drug-likeness (QED) is 0.148. The maximum absolute atomic E-state index is 10.5. The van der Waals surface area contributed by atoms with Crippen molar-refractivity contribution in [1.82, 2.24) is 0 Å². The zero-order chi connectivity index (χ0) is 30.4. The summed E-state index contributed by atoms with van der Waals surface area (Å²) in [5.74, 6) is 0. The largest absolute Gasteiger partial charge is 0.394 e. The SMILES string of the molecule is C=C/C=C/C[C@H]1O[C@H](CO)[C@@H](OCc2ccccc2)[C@H](OCc2ccccc2)[C@H]1OCc1ccccc1Cc1ccccc1. The molecule has 0 aromatic heterocycles. The van der Waals surface area contributed by atoms with E-state index in [2.05, 4.69) is 49.0 Å². The van der Waals surface area contributed by atoms with E-state index in [9.17, 15) is 5.11 Å². The van der Waals surface area contributed by atoms with Gasteiger partial charge in [0.25, 0.3) is 0 Å². The summed E-state index contributed by atoms with van der Waals surface area (Å²) >= 11 is 0. The van der Waals surface area contributed by atoms with E-state index >= 15 is 0 Å². The van der Waals surface area contributed by atoms with Crippen LogP contribution in [0.15, 0.2) is 140 Å². The van der Waals surface area contributed by atoms with E-state index in [4.69, 9.17) is 18.9 Å². The van der Waals surface area contributed by atoms with Crippen LogP contribution in [-0.4, -0.2) is 42.2 Å². The second-order valence-electron chi connectivity index (χ2n) is 11.0. The van der Waals surface area contributed by atoms with E-state index in [1.165, 1.54) is 11.1 Å². The van der Waals surface area contributed by atoms with E-state index in [1.54, 1.807) is 6.08 Å². The Morgan fingerprint density at radius 1 is 0.591 bits per heavy atom. The minimum atomic E-state index is -0.577. The number of aliphatic hydroxyl groups is 1. The van der Waals surface area contributed by atoms with Gasteiger partial charge in [0.05, 0.1) is 32.5 Å². The first-order chi connectivity index (χ1) is 21.7. The van der Waals surface area contributed by atoms with Crippen LogP contribution in [0.2, 0.25) is 0 Å². The number of hydrogen-bond acceptors (Lipinski definition) is 5. The molecule has 0 radical (unpaired) electrons. The van der Waals surface area contributed by atoms with Gasteiger partial charge in [-0.05, 0) is 40.7 Å². The molecule has 4 aromatic rings. The third-order valence-corrected chi connectivity index (χ3v) is 7.91. The van der Waals surface area contributed by atoms with Gasteiger partial charge in [-0.3, -0.25) is 0 Å². The number of aliphatic hydroxyl groups excluding tert-OH is 1. The van der Waals surface area contributed by atoms with Gasteiger partial charge in [-0.1, -0.05) is 140 Å². The average molecular weight is 591 g/mol. The fourth-order valence-corrected chi connectivity index (χ4v) is 5.63. The van der Waals surface area contributed by atoms with Crippen molar-refractivity contribution in [2.45, 2.75) is 63.2 Å². The van der Waals surface area contributed by atoms with Gasteiger partial charge in [-0.25, -0.2) is 0 Å². The molecule has 44 heavy (non-hydrogen) atoms. The van der Waals surface area contributed by atoms with Crippen LogP contribution in [0.1, 0.15) is 34.2 Å². The fraction of sp³-hybridized carbons (Fsp3) is 0.282. The molecule has 0 bridgehead atoms. The van der Waals surface area contributed by atoms with Gasteiger partial charge in [0.1, 0.15) is 24.4 Å². The lowest BCUT2D eigenvalue weighted by Crippen LogP contribution is -2.60. The third kappa shape index (κ3) is 8.85. The van der Waals surface area contributed by atoms with Gasteiger partial charge in [-0.15, -0.1) is 0 Å². The summed E-state index contributed by atoms with van der Waals surface area (Å²) in [5.41, 5.74) is 5.67. The molecular formula is C39H42O5. The van der Waals surface area contributed by atoms with E-state index in [0.717, 1.165) is 23.1 Å². The van der Waals surface area contributed by atoms with Crippen LogP contribution in [-0.2, 0) is 45.2 Å². The summed E-state index contributed by atoms with van der Waals surface area (Å²) in [5, 5.41) is 10.5. The fourth-order valence-electron chi connectivity index (χ4n) is 5.63. The van der Waals surface area contributed by atoms with Crippen molar-refractivity contribution in [3.63, 3.8) is 0 Å². The molecule has 5 nitrogen and oxygen atoms in total. The van der Waals surface area contributed by atoms with Crippen LogP contribution in [0.4, 0.5) is 0 Å². The first-order valence-electron chi connectivity index (χ1n) is 15.3. The van der Waals surface area contributed by atoms with E-state index in [0.29, 0.717) is 26.2 Å². The highest BCUT2D eigenvalue weighted by molar-refractivity contribution is 5.32. The summed E-state index contributed by atoms with van der Waals surface area (Å²) in [6, 6.07) is 39.0. The Morgan fingerprint density at radius 2 is 1.09 bits per heavy atom. The van der Waals surface area contributed by atoms with Gasteiger partial charge >= 0.3 is 0 Å². The molecule has 5 heteroatoms. The first kappa shape index (κ1) is 31.6. The zero-order valence-corrected chi connectivity index (χ0v) is 25.1. The van der Waals surface area contributed by atoms with Gasteiger partial charge < -0.3 is 24.1 Å². The molecule has 1 saturated heterocycles. The van der Waals surface area contributed by atoms with Crippen molar-refractivity contribution >= 4 is 0 Å². The van der Waals surface area contributed by atoms with E-state index < -0.39 is 24.4 Å². The maximum Gasteiger partial charge on any atom is 0.115 e. The molecule has 0 saturated carbocycles. The topological polar surface area (TPSA) is 57.2 Å². The molecule has 5 rings (SSSR count). The van der Waals surface area contributed by atoms with Crippen molar-refractivity contribution in [2.24, 2.45) is 0 Å². The van der Waals surface area contributed by atoms with Crippen molar-refractivity contribution in [1.29, 1.82) is 0 Å². The van der Waals surface area contributed by atoms with Crippen molar-refractivity contribution in [3.8, 4) is 0 Å².